The molecule has 0 saturated heterocycles. The molecule has 2 aliphatic carbocycles. The first kappa shape index (κ1) is 38.2. The highest BCUT2D eigenvalue weighted by molar-refractivity contribution is 5.82. The van der Waals surface area contributed by atoms with Crippen molar-refractivity contribution in [2.24, 2.45) is 16.2 Å². The zero-order chi connectivity index (χ0) is 36.0. The number of fused-ring (bicyclic) bond motifs is 2. The average molecular weight is 690 g/mol. The van der Waals surface area contributed by atoms with Gasteiger partial charge in [0.2, 0.25) is 0 Å². The molecule has 8 nitrogen and oxygen atoms in total. The number of esters is 4. The molecule has 2 atom stereocenters. The Morgan fingerprint density at radius 2 is 0.739 bits per heavy atom. The zero-order valence-electron chi connectivity index (χ0n) is 23.0. The topological polar surface area (TPSA) is 105 Å². The molecule has 0 radical (unpaired) electrons. The van der Waals surface area contributed by atoms with Gasteiger partial charge in [0.1, 0.15) is 33.1 Å². The van der Waals surface area contributed by atoms with Gasteiger partial charge in [-0.15, -0.1) is 0 Å². The number of carbonyl (C=O) groups is 4. The first-order valence-electron chi connectivity index (χ1n) is 12.2. The Morgan fingerprint density at radius 1 is 0.457 bits per heavy atom. The molecule has 2 bridgehead atoms. The van der Waals surface area contributed by atoms with Crippen LogP contribution in [0.5, 0.6) is 0 Å². The molecule has 2 aliphatic rings. The van der Waals surface area contributed by atoms with Crippen LogP contribution in [0.4, 0.5) is 52.7 Å². The lowest BCUT2D eigenvalue weighted by Gasteiger charge is -2.72. The Labute approximate surface area is 250 Å². The van der Waals surface area contributed by atoms with Gasteiger partial charge in [0.05, 0.1) is 0 Å². The second-order valence-electron chi connectivity index (χ2n) is 9.95. The first-order valence-corrected chi connectivity index (χ1v) is 12.2. The normalized spacial score (nSPS) is 32.5. The molecule has 258 valence electrons. The quantitative estimate of drug-likeness (QED) is 0.118. The molecule has 0 aromatic carbocycles. The zero-order valence-corrected chi connectivity index (χ0v) is 23.0. The van der Waals surface area contributed by atoms with Crippen LogP contribution in [0.15, 0.2) is 50.6 Å². The van der Waals surface area contributed by atoms with Gasteiger partial charge >= 0.3 is 35.7 Å². The standard InChI is InChI=1S/C26H22F12O8/c1-5-14(39)43-10-18(9-27)22(29,30)19(11-44-15(40)6-2)24(33,34)20(23(18,31)32,12-45-16(41)7-3)26(37,38)21(28,25(19,35)36)13-46-17(42)8-4/h5-8H,1-4,9-13H2. The smallest absolute Gasteiger partial charge is 0.330 e. The fourth-order valence-corrected chi connectivity index (χ4v) is 5.51. The van der Waals surface area contributed by atoms with E-state index < -0.39 is 109 Å². The van der Waals surface area contributed by atoms with Crippen LogP contribution in [0.3, 0.4) is 0 Å². The van der Waals surface area contributed by atoms with Crippen LogP contribution in [-0.2, 0) is 38.1 Å². The molecule has 0 heterocycles. The van der Waals surface area contributed by atoms with Crippen molar-refractivity contribution in [3.63, 3.8) is 0 Å². The minimum atomic E-state index is -7.19. The van der Waals surface area contributed by atoms with Crippen LogP contribution < -0.4 is 0 Å². The fraction of sp³-hybridized carbons (Fsp3) is 0.538. The van der Waals surface area contributed by atoms with Crippen LogP contribution in [0.1, 0.15) is 0 Å². The molecule has 0 spiro atoms. The number of hydrogen-bond donors (Lipinski definition) is 0. The summed E-state index contributed by atoms with van der Waals surface area (Å²) in [6.07, 6.45) is -0.0797. The second-order valence-corrected chi connectivity index (χ2v) is 9.95. The van der Waals surface area contributed by atoms with Crippen LogP contribution >= 0.6 is 0 Å². The van der Waals surface area contributed by atoms with Crippen molar-refractivity contribution in [2.75, 3.05) is 33.1 Å². The van der Waals surface area contributed by atoms with Crippen LogP contribution in [0.25, 0.3) is 0 Å². The Hall–Kier alpha value is -4.00. The highest BCUT2D eigenvalue weighted by Crippen LogP contribution is 2.86. The van der Waals surface area contributed by atoms with E-state index in [4.69, 9.17) is 0 Å². The van der Waals surface area contributed by atoms with Crippen LogP contribution in [0.2, 0.25) is 0 Å². The lowest BCUT2D eigenvalue weighted by molar-refractivity contribution is -0.556. The number of rotatable bonds is 13. The molecule has 20 heteroatoms. The summed E-state index contributed by atoms with van der Waals surface area (Å²) < 4.78 is 212. The number of halogens is 12. The maximum absolute atomic E-state index is 16.6. The highest BCUT2D eigenvalue weighted by Gasteiger charge is 3.10. The van der Waals surface area contributed by atoms with Gasteiger partial charge in [0.15, 0.2) is 16.2 Å². The average Bonchev–Trinajstić information content (AvgIpc) is 2.97. The minimum Gasteiger partial charge on any atom is -0.461 e. The molecule has 0 N–H and O–H groups in total. The van der Waals surface area contributed by atoms with Gasteiger partial charge in [-0.1, -0.05) is 26.3 Å². The van der Waals surface area contributed by atoms with Gasteiger partial charge in [-0.3, -0.25) is 0 Å². The Kier molecular flexibility index (Phi) is 9.68. The van der Waals surface area contributed by atoms with Gasteiger partial charge in [-0.25, -0.2) is 71.9 Å². The van der Waals surface area contributed by atoms with Crippen molar-refractivity contribution in [1.82, 2.24) is 0 Å². The minimum absolute atomic E-state index is 0.00749. The van der Waals surface area contributed by atoms with Gasteiger partial charge in [-0.2, -0.15) is 0 Å². The number of carbonyl (C=O) groups excluding carboxylic acids is 4. The highest BCUT2D eigenvalue weighted by atomic mass is 19.3. The third-order valence-electron chi connectivity index (χ3n) is 8.04. The maximum Gasteiger partial charge on any atom is 0.330 e. The summed E-state index contributed by atoms with van der Waals surface area (Å²) in [7, 11) is 0. The van der Waals surface area contributed by atoms with Crippen molar-refractivity contribution >= 4 is 23.9 Å². The van der Waals surface area contributed by atoms with E-state index in [0.717, 1.165) is 0 Å². The van der Waals surface area contributed by atoms with E-state index in [9.17, 15) is 23.6 Å². The predicted octanol–water partition coefficient (Wildman–Crippen LogP) is 4.74. The third kappa shape index (κ3) is 4.16. The Morgan fingerprint density at radius 3 is 1.02 bits per heavy atom. The second kappa shape index (κ2) is 11.7. The van der Waals surface area contributed by atoms with Crippen LogP contribution in [-0.4, -0.2) is 92.3 Å². The first-order chi connectivity index (χ1) is 20.9. The molecule has 46 heavy (non-hydrogen) atoms. The molecule has 0 aromatic heterocycles. The lowest BCUT2D eigenvalue weighted by atomic mass is 9.37. The molecular formula is C26H22F12O8. The van der Waals surface area contributed by atoms with E-state index in [-0.39, 0.29) is 24.3 Å². The SMILES string of the molecule is C=CC(=O)OCC1(F)C(F)(F)C2(COC(=O)C=C)C(F)(F)C(CF)(COC(=O)C=C)C(F)(F)C(COC(=O)C=C)(C1(F)F)C2(F)F. The van der Waals surface area contributed by atoms with Crippen LogP contribution in [0, 0.1) is 16.2 Å². The molecular weight excluding hydrogens is 668 g/mol. The summed E-state index contributed by atoms with van der Waals surface area (Å²) in [5.41, 5.74) is -25.3. The van der Waals surface area contributed by atoms with E-state index >= 15 is 48.3 Å². The predicted molar refractivity (Wildman–Crippen MR) is 126 cm³/mol. The Balaban J connectivity index is 3.39. The van der Waals surface area contributed by atoms with E-state index in [2.05, 4.69) is 45.3 Å². The van der Waals surface area contributed by atoms with Gasteiger partial charge in [0.25, 0.3) is 23.4 Å². The van der Waals surface area contributed by atoms with E-state index in [1.165, 1.54) is 0 Å². The maximum atomic E-state index is 16.6. The molecule has 0 aliphatic heterocycles. The summed E-state index contributed by atoms with van der Waals surface area (Å²) in [4.78, 5) is 46.7. The van der Waals surface area contributed by atoms with Gasteiger partial charge in [0, 0.05) is 24.3 Å². The summed E-state index contributed by atoms with van der Waals surface area (Å²) >= 11 is 0. The largest absolute Gasteiger partial charge is 0.461 e. The van der Waals surface area contributed by atoms with E-state index in [1.54, 1.807) is 0 Å². The van der Waals surface area contributed by atoms with Gasteiger partial charge in [-0.05, 0) is 0 Å². The fourth-order valence-electron chi connectivity index (χ4n) is 5.51. The molecule has 2 unspecified atom stereocenters. The number of alkyl halides is 12. The molecule has 2 rings (SSSR count). The number of ether oxygens (including phenoxy) is 4. The lowest BCUT2D eigenvalue weighted by Crippen LogP contribution is -2.97. The monoisotopic (exact) mass is 690 g/mol. The van der Waals surface area contributed by atoms with Crippen molar-refractivity contribution in [3.05, 3.63) is 50.6 Å². The molecule has 2 fully saturated rings. The summed E-state index contributed by atoms with van der Waals surface area (Å²) in [6.45, 7) is -5.61. The number of hydrogen-bond acceptors (Lipinski definition) is 8. The van der Waals surface area contributed by atoms with Crippen molar-refractivity contribution in [3.8, 4) is 0 Å². The third-order valence-corrected chi connectivity index (χ3v) is 8.04. The molecule has 0 aromatic rings. The molecule has 2 saturated carbocycles. The molecule has 0 amide bonds. The van der Waals surface area contributed by atoms with Gasteiger partial charge < -0.3 is 18.9 Å². The summed E-state index contributed by atoms with van der Waals surface area (Å²) in [5.74, 6) is -43.9. The van der Waals surface area contributed by atoms with Crippen molar-refractivity contribution < 1.29 is 90.8 Å². The van der Waals surface area contributed by atoms with Crippen molar-refractivity contribution in [2.45, 2.75) is 35.3 Å². The Bertz CT molecular complexity index is 1260. The van der Waals surface area contributed by atoms with Crippen molar-refractivity contribution in [1.29, 1.82) is 0 Å². The summed E-state index contributed by atoms with van der Waals surface area (Å²) in [6, 6.07) is 0. The summed E-state index contributed by atoms with van der Waals surface area (Å²) in [5, 5.41) is 0. The van der Waals surface area contributed by atoms with E-state index in [1.807, 2.05) is 0 Å². The van der Waals surface area contributed by atoms with E-state index in [0.29, 0.717) is 0 Å².